The Morgan fingerprint density at radius 1 is 1.11 bits per heavy atom. The molecule has 7 nitrogen and oxygen atoms in total. The van der Waals surface area contributed by atoms with Gasteiger partial charge in [0.15, 0.2) is 11.7 Å². The third kappa shape index (κ3) is 6.28. The van der Waals surface area contributed by atoms with Crippen molar-refractivity contribution in [2.24, 2.45) is 0 Å². The first-order valence-corrected chi connectivity index (χ1v) is 12.4. The minimum atomic E-state index is -0.592. The maximum absolute atomic E-state index is 13.2. The van der Waals surface area contributed by atoms with Crippen LogP contribution < -0.4 is 20.3 Å². The van der Waals surface area contributed by atoms with Crippen molar-refractivity contribution in [3.63, 3.8) is 0 Å². The smallest absolute Gasteiger partial charge is 0.270 e. The van der Waals surface area contributed by atoms with E-state index in [0.717, 1.165) is 12.0 Å². The van der Waals surface area contributed by atoms with E-state index < -0.39 is 23.5 Å². The number of amides is 3. The molecular weight excluding hydrogens is 561 g/mol. The minimum absolute atomic E-state index is 0.0141. The van der Waals surface area contributed by atoms with E-state index in [-0.39, 0.29) is 17.3 Å². The summed E-state index contributed by atoms with van der Waals surface area (Å²) in [6, 6.07) is 17.7. The molecule has 10 heteroatoms. The van der Waals surface area contributed by atoms with Gasteiger partial charge in [-0.05, 0) is 100 Å². The second-order valence-corrected chi connectivity index (χ2v) is 9.25. The predicted octanol–water partition coefficient (Wildman–Crippen LogP) is 5.00. The summed E-state index contributed by atoms with van der Waals surface area (Å²) < 4.78 is 19.1. The molecule has 0 radical (unpaired) electrons. The van der Waals surface area contributed by atoms with E-state index in [1.54, 1.807) is 30.3 Å². The van der Waals surface area contributed by atoms with Crippen molar-refractivity contribution in [2.75, 3.05) is 16.8 Å². The second-order valence-electron chi connectivity index (χ2n) is 8.01. The molecule has 0 saturated carbocycles. The number of hydrogen-bond donors (Lipinski definition) is 2. The van der Waals surface area contributed by atoms with E-state index >= 15 is 0 Å². The van der Waals surface area contributed by atoms with Gasteiger partial charge in [-0.25, -0.2) is 4.39 Å². The molecular formula is C27H21BrFN3O4S. The zero-order valence-electron chi connectivity index (χ0n) is 19.6. The Balaban J connectivity index is 1.47. The fourth-order valence-electron chi connectivity index (χ4n) is 3.54. The van der Waals surface area contributed by atoms with Gasteiger partial charge in [0.05, 0.1) is 10.2 Å². The predicted molar refractivity (Wildman–Crippen MR) is 147 cm³/mol. The van der Waals surface area contributed by atoms with Crippen LogP contribution in [0.5, 0.6) is 5.75 Å². The number of aryl methyl sites for hydroxylation is 1. The molecule has 3 aromatic carbocycles. The Morgan fingerprint density at radius 3 is 2.46 bits per heavy atom. The van der Waals surface area contributed by atoms with Crippen molar-refractivity contribution >= 4 is 68.4 Å². The quantitative estimate of drug-likeness (QED) is 0.233. The van der Waals surface area contributed by atoms with Crippen LogP contribution in [0.4, 0.5) is 15.8 Å². The number of benzene rings is 3. The van der Waals surface area contributed by atoms with Gasteiger partial charge in [0.2, 0.25) is 0 Å². The lowest BCUT2D eigenvalue weighted by Crippen LogP contribution is -2.54. The van der Waals surface area contributed by atoms with Gasteiger partial charge < -0.3 is 10.1 Å². The van der Waals surface area contributed by atoms with Crippen LogP contribution in [0, 0.1) is 5.82 Å². The van der Waals surface area contributed by atoms with Gasteiger partial charge in [-0.2, -0.15) is 0 Å². The van der Waals surface area contributed by atoms with Gasteiger partial charge in [-0.3, -0.25) is 24.6 Å². The van der Waals surface area contributed by atoms with Crippen molar-refractivity contribution in [3.8, 4) is 5.75 Å². The van der Waals surface area contributed by atoms with Crippen LogP contribution in [0.1, 0.15) is 18.1 Å². The van der Waals surface area contributed by atoms with E-state index in [9.17, 15) is 18.8 Å². The van der Waals surface area contributed by atoms with Crippen LogP contribution in [0.2, 0.25) is 0 Å². The number of thiocarbonyl (C=S) groups is 1. The molecule has 1 saturated heterocycles. The van der Waals surface area contributed by atoms with Crippen molar-refractivity contribution in [3.05, 3.63) is 93.7 Å². The molecule has 1 fully saturated rings. The largest absolute Gasteiger partial charge is 0.483 e. The number of ether oxygens (including phenoxy) is 1. The number of carbonyl (C=O) groups is 3. The highest BCUT2D eigenvalue weighted by atomic mass is 79.9. The summed E-state index contributed by atoms with van der Waals surface area (Å²) >= 11 is 8.64. The average Bonchev–Trinajstić information content (AvgIpc) is 2.87. The first-order chi connectivity index (χ1) is 17.7. The van der Waals surface area contributed by atoms with Gasteiger partial charge in [-0.1, -0.05) is 25.1 Å². The van der Waals surface area contributed by atoms with Gasteiger partial charge in [0, 0.05) is 5.69 Å². The van der Waals surface area contributed by atoms with Crippen LogP contribution in [-0.2, 0) is 20.8 Å². The molecule has 188 valence electrons. The monoisotopic (exact) mass is 581 g/mol. The summed E-state index contributed by atoms with van der Waals surface area (Å²) in [4.78, 5) is 39.2. The van der Waals surface area contributed by atoms with E-state index in [0.29, 0.717) is 27.2 Å². The highest BCUT2D eigenvalue weighted by Gasteiger charge is 2.34. The number of nitrogens with zero attached hydrogens (tertiary/aromatic N) is 1. The van der Waals surface area contributed by atoms with Crippen molar-refractivity contribution in [1.82, 2.24) is 5.32 Å². The highest BCUT2D eigenvalue weighted by molar-refractivity contribution is 9.10. The lowest BCUT2D eigenvalue weighted by atomic mass is 10.1. The fourth-order valence-corrected chi connectivity index (χ4v) is 4.33. The molecule has 1 heterocycles. The molecule has 0 bridgehead atoms. The topological polar surface area (TPSA) is 87.7 Å². The highest BCUT2D eigenvalue weighted by Crippen LogP contribution is 2.28. The molecule has 0 unspecified atom stereocenters. The lowest BCUT2D eigenvalue weighted by molar-refractivity contribution is -0.122. The maximum atomic E-state index is 13.2. The lowest BCUT2D eigenvalue weighted by Gasteiger charge is -2.29. The Bertz CT molecular complexity index is 1410. The SMILES string of the molecule is CCc1ccc(N2C(=O)/C(=C/c3ccc(OCC(=O)Nc4ccc(F)cc4)c(Br)c3)C(=O)NC2=S)cc1. The third-order valence-electron chi connectivity index (χ3n) is 5.46. The van der Waals surface area contributed by atoms with Crippen LogP contribution in [0.3, 0.4) is 0 Å². The second kappa shape index (κ2) is 11.4. The molecule has 1 aliphatic heterocycles. The van der Waals surface area contributed by atoms with Gasteiger partial charge in [0.1, 0.15) is 17.1 Å². The Labute approximate surface area is 226 Å². The van der Waals surface area contributed by atoms with Gasteiger partial charge >= 0.3 is 0 Å². The summed E-state index contributed by atoms with van der Waals surface area (Å²) in [5, 5.41) is 5.19. The van der Waals surface area contributed by atoms with E-state index in [2.05, 4.69) is 26.6 Å². The molecule has 3 amide bonds. The van der Waals surface area contributed by atoms with Crippen LogP contribution in [0.15, 0.2) is 76.8 Å². The summed E-state index contributed by atoms with van der Waals surface area (Å²) in [6.07, 6.45) is 2.32. The van der Waals surface area contributed by atoms with Crippen LogP contribution in [0.25, 0.3) is 6.08 Å². The van der Waals surface area contributed by atoms with E-state index in [4.69, 9.17) is 17.0 Å². The standard InChI is InChI=1S/C27H21BrFN3O4S/c1-2-16-3-10-20(11-4-16)32-26(35)21(25(34)31-27(32)37)13-17-5-12-23(22(28)14-17)36-15-24(33)30-19-8-6-18(29)7-9-19/h3-14H,2,15H2,1H3,(H,30,33)(H,31,34,37)/b21-13+. The van der Waals surface area contributed by atoms with Crippen molar-refractivity contribution < 1.29 is 23.5 Å². The molecule has 0 aromatic heterocycles. The Hall–Kier alpha value is -3.89. The fraction of sp³-hybridized carbons (Fsp3) is 0.111. The number of hydrogen-bond acceptors (Lipinski definition) is 5. The number of halogens is 2. The first kappa shape index (κ1) is 26.2. The molecule has 0 spiro atoms. The summed E-state index contributed by atoms with van der Waals surface area (Å²) in [7, 11) is 0. The number of carbonyl (C=O) groups excluding carboxylic acids is 3. The Morgan fingerprint density at radius 2 is 1.81 bits per heavy atom. The van der Waals surface area contributed by atoms with Crippen molar-refractivity contribution in [1.29, 1.82) is 0 Å². The third-order valence-corrected chi connectivity index (χ3v) is 6.36. The van der Waals surface area contributed by atoms with Crippen LogP contribution >= 0.6 is 28.1 Å². The molecule has 3 aromatic rings. The number of rotatable bonds is 7. The summed E-state index contributed by atoms with van der Waals surface area (Å²) in [6.45, 7) is 1.75. The van der Waals surface area contributed by atoms with Crippen LogP contribution in [-0.4, -0.2) is 29.4 Å². The molecule has 0 atom stereocenters. The van der Waals surface area contributed by atoms with E-state index in [1.807, 2.05) is 19.1 Å². The van der Waals surface area contributed by atoms with E-state index in [1.165, 1.54) is 35.2 Å². The zero-order chi connectivity index (χ0) is 26.5. The minimum Gasteiger partial charge on any atom is -0.483 e. The molecule has 4 rings (SSSR count). The van der Waals surface area contributed by atoms with Crippen molar-refractivity contribution in [2.45, 2.75) is 13.3 Å². The number of nitrogens with one attached hydrogen (secondary N) is 2. The molecule has 2 N–H and O–H groups in total. The average molecular weight is 582 g/mol. The summed E-state index contributed by atoms with van der Waals surface area (Å²) in [5.74, 6) is -1.56. The molecule has 1 aliphatic rings. The molecule has 37 heavy (non-hydrogen) atoms. The zero-order valence-corrected chi connectivity index (χ0v) is 22.0. The Kier molecular flexibility index (Phi) is 8.10. The molecule has 0 aliphatic carbocycles. The van der Waals surface area contributed by atoms with Gasteiger partial charge in [-0.15, -0.1) is 0 Å². The summed E-state index contributed by atoms with van der Waals surface area (Å²) in [5.41, 5.74) is 2.59. The number of anilines is 2. The normalized spacial score (nSPS) is 14.5. The maximum Gasteiger partial charge on any atom is 0.270 e. The first-order valence-electron chi connectivity index (χ1n) is 11.2. The van der Waals surface area contributed by atoms with Gasteiger partial charge in [0.25, 0.3) is 17.7 Å².